The zero-order valence-corrected chi connectivity index (χ0v) is 12.3. The second-order valence-electron chi connectivity index (χ2n) is 3.58. The first-order valence-corrected chi connectivity index (χ1v) is 10.6. The molecule has 3 nitrogen and oxygen atoms in total. The maximum absolute atomic E-state index is 11.5. The van der Waals surface area contributed by atoms with Gasteiger partial charge in [0.25, 0.3) is 0 Å². The Morgan fingerprint density at radius 3 is 2.29 bits per heavy atom. The van der Waals surface area contributed by atoms with Gasteiger partial charge in [0.2, 0.25) is 0 Å². The zero-order chi connectivity index (χ0) is 10.7. The van der Waals surface area contributed by atoms with Crippen LogP contribution in [0.15, 0.2) is 9.91 Å². The molecule has 0 bridgehead atoms. The van der Waals surface area contributed by atoms with Crippen molar-refractivity contribution in [3.8, 4) is 0 Å². The Kier molecular flexibility index (Phi) is 4.38. The van der Waals surface area contributed by atoms with Crippen LogP contribution in [0.1, 0.15) is 20.8 Å². The van der Waals surface area contributed by atoms with Crippen LogP contribution in [0.5, 0.6) is 0 Å². The van der Waals surface area contributed by atoms with E-state index in [0.717, 1.165) is 13.1 Å². The molecule has 0 spiro atoms. The summed E-state index contributed by atoms with van der Waals surface area (Å²) >= 11 is -2.40. The number of carbonyl (C=O) groups excluding carboxylic acids is 2. The van der Waals surface area contributed by atoms with Crippen LogP contribution in [0.2, 0.25) is 0 Å². The Bertz CT molecular complexity index is 271. The van der Waals surface area contributed by atoms with Crippen LogP contribution in [0, 0.1) is 0 Å². The van der Waals surface area contributed by atoms with E-state index in [1.807, 2.05) is 3.83 Å². The van der Waals surface area contributed by atoms with Crippen LogP contribution in [0.4, 0.5) is 0 Å². The molecule has 0 fully saturated rings. The summed E-state index contributed by atoms with van der Waals surface area (Å²) in [6.45, 7) is 8.20. The van der Waals surface area contributed by atoms with Gasteiger partial charge in [0, 0.05) is 0 Å². The third-order valence-corrected chi connectivity index (χ3v) is 11.4. The van der Waals surface area contributed by atoms with E-state index in [1.165, 1.54) is 6.08 Å². The molecule has 4 heteroatoms. The summed E-state index contributed by atoms with van der Waals surface area (Å²) in [7, 11) is 0. The molecule has 0 saturated carbocycles. The van der Waals surface area contributed by atoms with E-state index in [9.17, 15) is 9.59 Å². The molecule has 14 heavy (non-hydrogen) atoms. The standard InChI is InChI=1S/C6H14N.C4H2O2.In/c1-4-7(5-2)6-3;1-2-4(6)3-5;/h4H,5-6H2,1-3H3;1-2H;. The van der Waals surface area contributed by atoms with Crippen LogP contribution in [-0.2, 0) is 9.59 Å². The second kappa shape index (κ2) is 5.12. The molecule has 0 aliphatic carbocycles. The molecule has 0 aromatic heterocycles. The third-order valence-electron chi connectivity index (χ3n) is 2.91. The first-order valence-electron chi connectivity index (χ1n) is 5.12. The molecule has 1 atom stereocenters. The molecule has 0 saturated heterocycles. The van der Waals surface area contributed by atoms with Crippen LogP contribution in [-0.4, -0.2) is 52.5 Å². The van der Waals surface area contributed by atoms with Crippen LogP contribution >= 0.6 is 0 Å². The average molecular weight is 297 g/mol. The van der Waals surface area contributed by atoms with Gasteiger partial charge in [0.15, 0.2) is 0 Å². The Balaban J connectivity index is 2.70. The van der Waals surface area contributed by atoms with Crippen molar-refractivity contribution < 1.29 is 9.59 Å². The maximum atomic E-state index is 11.5. The Labute approximate surface area is 92.7 Å². The number of allylic oxidation sites excluding steroid dienone is 1. The summed E-state index contributed by atoms with van der Waals surface area (Å²) in [6.07, 6.45) is 1.49. The summed E-state index contributed by atoms with van der Waals surface area (Å²) in [4.78, 5) is 24.9. The van der Waals surface area contributed by atoms with Gasteiger partial charge in [-0.2, -0.15) is 0 Å². The van der Waals surface area contributed by atoms with E-state index in [1.54, 1.807) is 0 Å². The molecular weight excluding hydrogens is 281 g/mol. The van der Waals surface area contributed by atoms with Gasteiger partial charge in [-0.3, -0.25) is 0 Å². The van der Waals surface area contributed by atoms with Gasteiger partial charge in [-0.25, -0.2) is 0 Å². The molecule has 0 aromatic rings. The van der Waals surface area contributed by atoms with E-state index in [2.05, 4.69) is 25.7 Å². The van der Waals surface area contributed by atoms with Crippen molar-refractivity contribution in [3.05, 3.63) is 9.91 Å². The van der Waals surface area contributed by atoms with E-state index in [0.29, 0.717) is 3.80 Å². The number of hydrogen-bond acceptors (Lipinski definition) is 3. The predicted molar refractivity (Wildman–Crippen MR) is 57.3 cm³/mol. The van der Waals surface area contributed by atoms with Crippen LogP contribution in [0.25, 0.3) is 0 Å². The quantitative estimate of drug-likeness (QED) is 0.711. The Morgan fingerprint density at radius 1 is 1.36 bits per heavy atom. The van der Waals surface area contributed by atoms with Gasteiger partial charge < -0.3 is 0 Å². The zero-order valence-electron chi connectivity index (χ0n) is 8.99. The summed E-state index contributed by atoms with van der Waals surface area (Å²) in [6, 6.07) is 0. The van der Waals surface area contributed by atoms with E-state index >= 15 is 0 Å². The van der Waals surface area contributed by atoms with Crippen LogP contribution in [0.3, 0.4) is 0 Å². The number of hydrogen-bond donors (Lipinski definition) is 0. The fraction of sp³-hybridized carbons (Fsp3) is 0.600. The SMILES string of the molecule is CCN(CC)[CH](C)[In]1[CH]=CC(=O)[C]1=O. The van der Waals surface area contributed by atoms with Crippen molar-refractivity contribution in [1.82, 2.24) is 4.90 Å². The molecule has 1 rings (SSSR count). The monoisotopic (exact) mass is 297 g/mol. The summed E-state index contributed by atoms with van der Waals surface area (Å²) in [5.41, 5.74) is 0. The Morgan fingerprint density at radius 2 is 1.93 bits per heavy atom. The van der Waals surface area contributed by atoms with E-state index in [4.69, 9.17) is 0 Å². The fourth-order valence-corrected chi connectivity index (χ4v) is 9.40. The van der Waals surface area contributed by atoms with Crippen molar-refractivity contribution in [2.24, 2.45) is 0 Å². The van der Waals surface area contributed by atoms with Gasteiger partial charge in [-0.05, 0) is 0 Å². The molecule has 0 amide bonds. The van der Waals surface area contributed by atoms with E-state index < -0.39 is 21.4 Å². The minimum absolute atomic E-state index is 0.0498. The summed E-state index contributed by atoms with van der Waals surface area (Å²) < 4.78 is 2.23. The van der Waals surface area contributed by atoms with Crippen molar-refractivity contribution in [2.45, 2.75) is 24.6 Å². The van der Waals surface area contributed by atoms with Gasteiger partial charge in [-0.15, -0.1) is 0 Å². The van der Waals surface area contributed by atoms with Gasteiger partial charge in [0.1, 0.15) is 0 Å². The minimum atomic E-state index is -2.40. The topological polar surface area (TPSA) is 37.4 Å². The predicted octanol–water partition coefficient (Wildman–Crippen LogP) is 0.537. The molecular formula is C10H16InNO2. The number of rotatable bonds is 4. The van der Waals surface area contributed by atoms with Crippen molar-refractivity contribution >= 4 is 30.8 Å². The van der Waals surface area contributed by atoms with Gasteiger partial charge in [0.05, 0.1) is 0 Å². The third kappa shape index (κ3) is 2.28. The summed E-state index contributed by atoms with van der Waals surface area (Å²) in [5.74, 6) is -0.259. The van der Waals surface area contributed by atoms with Crippen molar-refractivity contribution in [2.75, 3.05) is 13.1 Å². The fourth-order valence-electron chi connectivity index (χ4n) is 1.93. The molecule has 0 radical (unpaired) electrons. The first kappa shape index (κ1) is 12.0. The molecule has 1 heterocycles. The molecule has 0 aromatic carbocycles. The van der Waals surface area contributed by atoms with Crippen LogP contribution < -0.4 is 0 Å². The molecule has 0 N–H and O–H groups in total. The number of carbonyl (C=O) groups is 2. The Hall–Kier alpha value is -0.0899. The van der Waals surface area contributed by atoms with Gasteiger partial charge in [-0.1, -0.05) is 0 Å². The first-order chi connectivity index (χ1) is 6.61. The normalized spacial score (nSPS) is 18.4. The average Bonchev–Trinajstić information content (AvgIpc) is 2.49. The molecule has 76 valence electrons. The van der Waals surface area contributed by atoms with Gasteiger partial charge >= 0.3 is 92.8 Å². The van der Waals surface area contributed by atoms with Crippen molar-refractivity contribution in [3.63, 3.8) is 0 Å². The molecule has 1 aliphatic heterocycles. The summed E-state index contributed by atoms with van der Waals surface area (Å²) in [5, 5.41) is 0. The van der Waals surface area contributed by atoms with E-state index in [-0.39, 0.29) is 9.32 Å². The van der Waals surface area contributed by atoms with Crippen molar-refractivity contribution in [1.29, 1.82) is 0 Å². The molecule has 1 unspecified atom stereocenters. The number of nitrogens with zero attached hydrogens (tertiary/aromatic N) is 1. The number of ketones is 1. The molecule has 1 aliphatic rings. The second-order valence-corrected chi connectivity index (χ2v) is 11.9.